The molecule has 1 aliphatic heterocycles. The molecule has 0 unspecified atom stereocenters. The van der Waals surface area contributed by atoms with Crippen molar-refractivity contribution >= 4 is 26.9 Å². The van der Waals surface area contributed by atoms with Crippen molar-refractivity contribution in [2.24, 2.45) is 0 Å². The van der Waals surface area contributed by atoms with Gasteiger partial charge in [-0.25, -0.2) is 9.97 Å². The Morgan fingerprint density at radius 3 is 2.67 bits per heavy atom. The number of rotatable bonds is 2. The van der Waals surface area contributed by atoms with Crippen LogP contribution < -0.4 is 4.90 Å². The van der Waals surface area contributed by atoms with Crippen LogP contribution in [0.1, 0.15) is 18.9 Å². The second-order valence-electron chi connectivity index (χ2n) is 4.26. The first-order valence-corrected chi connectivity index (χ1v) is 6.46. The van der Waals surface area contributed by atoms with Crippen LogP contribution in [0.15, 0.2) is 12.3 Å². The van der Waals surface area contributed by atoms with Gasteiger partial charge in [-0.2, -0.15) is 0 Å². The van der Waals surface area contributed by atoms with Gasteiger partial charge in [0, 0.05) is 32.4 Å². The summed E-state index contributed by atoms with van der Waals surface area (Å²) >= 11 is 2.20. The van der Waals surface area contributed by atoms with Crippen molar-refractivity contribution < 1.29 is 9.90 Å². The third kappa shape index (κ3) is 2.99. The lowest BCUT2D eigenvalue weighted by Gasteiger charge is -2.35. The minimum absolute atomic E-state index is 0.0296. The fraction of sp³-hybridized carbons (Fsp3) is 0.545. The monoisotopic (exact) mass is 262 g/mol. The van der Waals surface area contributed by atoms with Gasteiger partial charge in [-0.1, -0.05) is 0 Å². The van der Waals surface area contributed by atoms with E-state index in [9.17, 15) is 9.90 Å². The Balaban J connectivity index is 2.05. The van der Waals surface area contributed by atoms with Gasteiger partial charge in [-0.3, -0.25) is 0 Å². The normalized spacial score (nSPS) is 17.7. The van der Waals surface area contributed by atoms with E-state index in [2.05, 4.69) is 31.2 Å². The zero-order chi connectivity index (χ0) is 13.1. The number of aromatic nitrogens is 2. The largest absolute Gasteiger partial charge is 0.385 e. The third-order valence-electron chi connectivity index (χ3n) is 2.95. The average molecular weight is 262 g/mol. The van der Waals surface area contributed by atoms with Gasteiger partial charge in [0.25, 0.3) is 16.3 Å². The van der Waals surface area contributed by atoms with E-state index in [1.54, 1.807) is 18.0 Å². The summed E-state index contributed by atoms with van der Waals surface area (Å²) in [4.78, 5) is 23.4. The molecule has 1 amide bonds. The second-order valence-corrected chi connectivity index (χ2v) is 4.76. The number of aliphatic hydroxyl groups excluding tert-OH is 1. The smallest absolute Gasteiger partial charge is 0.281 e. The van der Waals surface area contributed by atoms with Crippen molar-refractivity contribution in [3.8, 4) is 0 Å². The number of carbonyl (C=O) groups excluding carboxylic acids is 1. The van der Waals surface area contributed by atoms with Gasteiger partial charge < -0.3 is 19.7 Å². The minimum Gasteiger partial charge on any atom is -0.385 e. The average Bonchev–Trinajstić information content (AvgIpc) is 2.39. The maximum absolute atomic E-state index is 11.2. The molecular weight excluding hydrogens is 247 g/mol. The van der Waals surface area contributed by atoms with Crippen molar-refractivity contribution in [1.29, 1.82) is 0 Å². The summed E-state index contributed by atoms with van der Waals surface area (Å²) in [6.45, 7) is 4.52. The number of hydrogen-bond donors (Lipinski definition) is 1. The van der Waals surface area contributed by atoms with Crippen molar-refractivity contribution in [2.45, 2.75) is 13.0 Å². The summed E-state index contributed by atoms with van der Waals surface area (Å²) in [6, 6.07) is 1.82. The molecule has 1 atom stereocenters. The van der Waals surface area contributed by atoms with Gasteiger partial charge in [0.15, 0.2) is 5.82 Å². The summed E-state index contributed by atoms with van der Waals surface area (Å²) in [5.41, 5.74) is 0. The maximum atomic E-state index is 11.2. The molecule has 0 saturated carbocycles. The molecule has 0 spiro atoms. The highest BCUT2D eigenvalue weighted by Crippen LogP contribution is 2.15. The first-order valence-electron chi connectivity index (χ1n) is 5.88. The summed E-state index contributed by atoms with van der Waals surface area (Å²) in [7, 11) is 0. The van der Waals surface area contributed by atoms with Crippen LogP contribution in [0.5, 0.6) is 0 Å². The maximum Gasteiger partial charge on any atom is 0.281 e. The van der Waals surface area contributed by atoms with Gasteiger partial charge >= 0.3 is 0 Å². The minimum atomic E-state index is -0.667. The van der Waals surface area contributed by atoms with Crippen molar-refractivity contribution in [2.75, 3.05) is 31.1 Å². The summed E-state index contributed by atoms with van der Waals surface area (Å²) in [5, 5.41) is 9.46. The summed E-state index contributed by atoms with van der Waals surface area (Å²) in [5.74, 6) is 1.23. The number of anilines is 1. The topological polar surface area (TPSA) is 69.6 Å². The Labute approximate surface area is 114 Å². The molecule has 1 aromatic heterocycles. The quantitative estimate of drug-likeness (QED) is 0.756. The van der Waals surface area contributed by atoms with E-state index in [1.165, 1.54) is 0 Å². The lowest BCUT2D eigenvalue weighted by molar-refractivity contribution is 0.189. The number of carbonyl (C=O) groups is 1. The molecule has 2 heterocycles. The third-order valence-corrected chi connectivity index (χ3v) is 3.31. The molecule has 1 N–H and O–H groups in total. The summed E-state index contributed by atoms with van der Waals surface area (Å²) < 4.78 is 0.0296. The van der Waals surface area contributed by atoms with E-state index in [0.717, 1.165) is 18.9 Å². The van der Waals surface area contributed by atoms with Crippen molar-refractivity contribution in [3.05, 3.63) is 18.1 Å². The molecule has 1 aromatic rings. The van der Waals surface area contributed by atoms with Gasteiger partial charge in [0.2, 0.25) is 0 Å². The zero-order valence-electron chi connectivity index (χ0n) is 10.3. The zero-order valence-corrected chi connectivity index (χ0v) is 11.4. The molecule has 1 aliphatic rings. The predicted molar refractivity (Wildman–Crippen MR) is 67.6 cm³/mol. The molecule has 2 rings (SSSR count). The van der Waals surface area contributed by atoms with Crippen molar-refractivity contribution in [3.63, 3.8) is 0 Å². The van der Waals surface area contributed by atoms with E-state index in [0.29, 0.717) is 18.9 Å². The fourth-order valence-corrected chi connectivity index (χ4v) is 2.16. The second kappa shape index (κ2) is 5.66. The summed E-state index contributed by atoms with van der Waals surface area (Å²) in [6.07, 6.45) is 0.984. The van der Waals surface area contributed by atoms with E-state index in [4.69, 9.17) is 0 Å². The van der Waals surface area contributed by atoms with Crippen molar-refractivity contribution in [1.82, 2.24) is 14.9 Å². The Morgan fingerprint density at radius 1 is 1.44 bits per heavy atom. The first kappa shape index (κ1) is 13.3. The molecule has 18 heavy (non-hydrogen) atoms. The molecule has 94 valence electrons. The van der Waals surface area contributed by atoms with Gasteiger partial charge in [0.1, 0.15) is 11.9 Å². The van der Waals surface area contributed by atoms with E-state index >= 15 is 0 Å². The molecule has 0 aromatic carbocycles. The van der Waals surface area contributed by atoms with Crippen LogP contribution in [0, 0.1) is 0 Å². The standard InChI is InChI=1S/C11H15N4O2.Al/c1-9(17)11-12-3-2-10(13-11)15-6-4-14(8-16)5-7-15;/h2-3,9,17H,4-7H2,1H3;/t9-;/m1./s1. The molecule has 0 bridgehead atoms. The van der Waals surface area contributed by atoms with E-state index in [-0.39, 0.29) is 4.77 Å². The molecule has 1 fully saturated rings. The lowest BCUT2D eigenvalue weighted by atomic mass is 10.3. The molecule has 1 saturated heterocycles. The molecule has 7 heteroatoms. The molecular formula is C11H15AlN4O2. The highest BCUT2D eigenvalue weighted by Gasteiger charge is 2.19. The van der Waals surface area contributed by atoms with Crippen LogP contribution in [0.4, 0.5) is 10.6 Å². The van der Waals surface area contributed by atoms with E-state index in [1.807, 2.05) is 6.07 Å². The number of amides is 1. The number of aliphatic hydroxyl groups is 1. The Morgan fingerprint density at radius 2 is 2.11 bits per heavy atom. The molecule has 2 radical (unpaired) electrons. The first-order chi connectivity index (χ1) is 8.58. The SMILES string of the molecule is C[C@@H](O)c1nccc(N2CCN([C](=O)[Al])CC2)n1. The Kier molecular flexibility index (Phi) is 4.17. The highest BCUT2D eigenvalue weighted by molar-refractivity contribution is 6.56. The fourth-order valence-electron chi connectivity index (χ4n) is 1.90. The van der Waals surface area contributed by atoms with Gasteiger partial charge in [0.05, 0.1) is 4.77 Å². The molecule has 0 aliphatic carbocycles. The molecule has 6 nitrogen and oxygen atoms in total. The van der Waals surface area contributed by atoms with E-state index < -0.39 is 6.10 Å². The highest BCUT2D eigenvalue weighted by atomic mass is 27.0. The van der Waals surface area contributed by atoms with Gasteiger partial charge in [-0.15, -0.1) is 0 Å². The van der Waals surface area contributed by atoms with Crippen LogP contribution in [0.25, 0.3) is 0 Å². The van der Waals surface area contributed by atoms with Crippen LogP contribution in [0.3, 0.4) is 0 Å². The van der Waals surface area contributed by atoms with Crippen LogP contribution in [0.2, 0.25) is 0 Å². The lowest BCUT2D eigenvalue weighted by Crippen LogP contribution is -2.48. The van der Waals surface area contributed by atoms with Crippen LogP contribution in [-0.2, 0) is 0 Å². The number of hydrogen-bond acceptors (Lipinski definition) is 5. The van der Waals surface area contributed by atoms with Crippen LogP contribution in [-0.4, -0.2) is 67.2 Å². The van der Waals surface area contributed by atoms with Gasteiger partial charge in [-0.05, 0) is 13.0 Å². The Hall–Kier alpha value is -1.16. The predicted octanol–water partition coefficient (Wildman–Crippen LogP) is -0.0596. The number of piperazine rings is 1. The Bertz CT molecular complexity index is 433. The van der Waals surface area contributed by atoms with Crippen LogP contribution >= 0.6 is 0 Å². The number of nitrogens with zero attached hydrogens (tertiary/aromatic N) is 4.